The first kappa shape index (κ1) is 11.8. The van der Waals surface area contributed by atoms with E-state index in [2.05, 4.69) is 63.6 Å². The first-order chi connectivity index (χ1) is 6.25. The summed E-state index contributed by atoms with van der Waals surface area (Å²) in [5.74, 6) is 0. The van der Waals surface area contributed by atoms with Gasteiger partial charge in [0.2, 0.25) is 0 Å². The van der Waals surface area contributed by atoms with Crippen LogP contribution in [0.3, 0.4) is 0 Å². The topological polar surface area (TPSA) is 0 Å². The van der Waals surface area contributed by atoms with E-state index in [4.69, 9.17) is 0 Å². The van der Waals surface area contributed by atoms with E-state index < -0.39 is 0 Å². The average Bonchev–Trinajstić information content (AvgIpc) is 1.98. The Balaban J connectivity index is 3.56. The van der Waals surface area contributed by atoms with Gasteiger partial charge in [-0.25, -0.2) is 0 Å². The van der Waals surface area contributed by atoms with Gasteiger partial charge in [0, 0.05) is 0 Å². The van der Waals surface area contributed by atoms with Crippen molar-refractivity contribution in [1.82, 2.24) is 0 Å². The maximum atomic E-state index is 3.21. The summed E-state index contributed by atoms with van der Waals surface area (Å²) in [6, 6.07) is 2.26. The standard InChI is InChI=1S/C13H19Se/c1-8-7-9(2)12(14)11(10(8)3)13(4,5)6/h7H,1-6H3. The number of hydrogen-bond acceptors (Lipinski definition) is 0. The molecule has 1 rings (SSSR count). The van der Waals surface area contributed by atoms with Crippen molar-refractivity contribution in [2.45, 2.75) is 47.0 Å². The molecular weight excluding hydrogens is 235 g/mol. The molecule has 0 unspecified atom stereocenters. The van der Waals surface area contributed by atoms with E-state index in [1.807, 2.05) is 0 Å². The van der Waals surface area contributed by atoms with Gasteiger partial charge in [0.1, 0.15) is 0 Å². The van der Waals surface area contributed by atoms with Crippen LogP contribution in [0.1, 0.15) is 43.0 Å². The molecule has 1 aromatic rings. The van der Waals surface area contributed by atoms with E-state index in [0.717, 1.165) is 0 Å². The van der Waals surface area contributed by atoms with E-state index in [-0.39, 0.29) is 5.41 Å². The molecule has 0 saturated heterocycles. The predicted molar refractivity (Wildman–Crippen MR) is 64.7 cm³/mol. The number of benzene rings is 1. The number of hydrogen-bond donors (Lipinski definition) is 0. The summed E-state index contributed by atoms with van der Waals surface area (Å²) < 4.78 is 1.33. The number of rotatable bonds is 0. The van der Waals surface area contributed by atoms with E-state index in [1.54, 1.807) is 0 Å². The average molecular weight is 254 g/mol. The van der Waals surface area contributed by atoms with Crippen LogP contribution in [0.25, 0.3) is 0 Å². The summed E-state index contributed by atoms with van der Waals surface area (Å²) in [4.78, 5) is 0. The minimum absolute atomic E-state index is 0.224. The van der Waals surface area contributed by atoms with Crippen molar-refractivity contribution in [2.75, 3.05) is 0 Å². The van der Waals surface area contributed by atoms with Gasteiger partial charge >= 0.3 is 95.8 Å². The molecule has 0 atom stereocenters. The maximum absolute atomic E-state index is 3.21. The molecule has 0 nitrogen and oxygen atoms in total. The Morgan fingerprint density at radius 3 is 1.93 bits per heavy atom. The van der Waals surface area contributed by atoms with Gasteiger partial charge in [-0.1, -0.05) is 0 Å². The van der Waals surface area contributed by atoms with Crippen molar-refractivity contribution in [2.24, 2.45) is 0 Å². The zero-order valence-corrected chi connectivity index (χ0v) is 11.7. The Hall–Kier alpha value is -0.261. The molecule has 1 radical (unpaired) electrons. The van der Waals surface area contributed by atoms with Crippen molar-refractivity contribution in [3.63, 3.8) is 0 Å². The molecule has 0 saturated carbocycles. The van der Waals surface area contributed by atoms with Crippen LogP contribution in [-0.4, -0.2) is 16.0 Å². The van der Waals surface area contributed by atoms with Gasteiger partial charge in [-0.05, 0) is 0 Å². The molecule has 1 heteroatoms. The molecule has 14 heavy (non-hydrogen) atoms. The van der Waals surface area contributed by atoms with Crippen LogP contribution in [-0.2, 0) is 5.41 Å². The van der Waals surface area contributed by atoms with Crippen molar-refractivity contribution < 1.29 is 0 Å². The molecule has 0 heterocycles. The molecule has 0 aliphatic rings. The quantitative estimate of drug-likeness (QED) is 0.624. The second-order valence-electron chi connectivity index (χ2n) is 5.09. The fourth-order valence-electron chi connectivity index (χ4n) is 1.97. The first-order valence-electron chi connectivity index (χ1n) is 5.03. The fraction of sp³-hybridized carbons (Fsp3) is 0.538. The Labute approximate surface area is 95.9 Å². The zero-order valence-electron chi connectivity index (χ0n) is 9.99. The third kappa shape index (κ3) is 2.04. The van der Waals surface area contributed by atoms with Gasteiger partial charge in [-0.2, -0.15) is 0 Å². The van der Waals surface area contributed by atoms with Crippen LogP contribution < -0.4 is 4.46 Å². The van der Waals surface area contributed by atoms with Crippen LogP contribution in [0.2, 0.25) is 0 Å². The third-order valence-corrected chi connectivity index (χ3v) is 3.84. The van der Waals surface area contributed by atoms with Crippen LogP contribution in [0.15, 0.2) is 6.07 Å². The number of aryl methyl sites for hydroxylation is 2. The summed E-state index contributed by atoms with van der Waals surface area (Å²) in [6.45, 7) is 13.4. The first-order valence-corrected chi connectivity index (χ1v) is 5.89. The third-order valence-electron chi connectivity index (χ3n) is 2.73. The van der Waals surface area contributed by atoms with E-state index in [1.165, 1.54) is 26.7 Å². The summed E-state index contributed by atoms with van der Waals surface area (Å²) >= 11 is 3.21. The summed E-state index contributed by atoms with van der Waals surface area (Å²) in [7, 11) is 0. The van der Waals surface area contributed by atoms with E-state index in [9.17, 15) is 0 Å². The Morgan fingerprint density at radius 2 is 1.50 bits per heavy atom. The molecule has 0 aromatic heterocycles. The van der Waals surface area contributed by atoms with E-state index in [0.29, 0.717) is 0 Å². The SMILES string of the molecule is Cc1cc(C)c([Se])c(C(C)(C)C)c1C. The van der Waals surface area contributed by atoms with Gasteiger partial charge in [0.05, 0.1) is 0 Å². The second kappa shape index (κ2) is 3.71. The van der Waals surface area contributed by atoms with Crippen molar-refractivity contribution in [3.8, 4) is 0 Å². The van der Waals surface area contributed by atoms with Crippen molar-refractivity contribution >= 4 is 20.5 Å². The normalized spacial score (nSPS) is 11.9. The molecule has 0 amide bonds. The van der Waals surface area contributed by atoms with Crippen LogP contribution in [0, 0.1) is 20.8 Å². The van der Waals surface area contributed by atoms with Gasteiger partial charge < -0.3 is 0 Å². The minimum atomic E-state index is 0.224. The van der Waals surface area contributed by atoms with Crippen LogP contribution >= 0.6 is 0 Å². The van der Waals surface area contributed by atoms with Gasteiger partial charge in [0.25, 0.3) is 0 Å². The molecule has 0 spiro atoms. The van der Waals surface area contributed by atoms with Crippen molar-refractivity contribution in [3.05, 3.63) is 28.3 Å². The molecule has 0 N–H and O–H groups in total. The molecule has 1 aromatic carbocycles. The molecule has 0 fully saturated rings. The Morgan fingerprint density at radius 1 is 1.00 bits per heavy atom. The Bertz CT molecular complexity index is 330. The van der Waals surface area contributed by atoms with Gasteiger partial charge in [0.15, 0.2) is 0 Å². The summed E-state index contributed by atoms with van der Waals surface area (Å²) in [6.07, 6.45) is 0. The van der Waals surface area contributed by atoms with Crippen LogP contribution in [0.4, 0.5) is 0 Å². The van der Waals surface area contributed by atoms with Gasteiger partial charge in [-0.15, -0.1) is 0 Å². The van der Waals surface area contributed by atoms with E-state index >= 15 is 0 Å². The molecule has 0 bridgehead atoms. The molecule has 77 valence electrons. The molecule has 0 aliphatic heterocycles. The fourth-order valence-corrected chi connectivity index (χ4v) is 3.05. The molecule has 0 aliphatic carbocycles. The monoisotopic (exact) mass is 255 g/mol. The predicted octanol–water partition coefficient (Wildman–Crippen LogP) is 2.70. The summed E-state index contributed by atoms with van der Waals surface area (Å²) in [5.41, 5.74) is 5.87. The Kier molecular flexibility index (Phi) is 3.13. The van der Waals surface area contributed by atoms with Gasteiger partial charge in [-0.3, -0.25) is 0 Å². The van der Waals surface area contributed by atoms with Crippen LogP contribution in [0.5, 0.6) is 0 Å². The second-order valence-corrected chi connectivity index (χ2v) is 5.95. The molecular formula is C13H19Se. The zero-order chi connectivity index (χ0) is 11.1. The van der Waals surface area contributed by atoms with Crippen molar-refractivity contribution in [1.29, 1.82) is 0 Å². The summed E-state index contributed by atoms with van der Waals surface area (Å²) in [5, 5.41) is 0.